The van der Waals surface area contributed by atoms with Gasteiger partial charge in [-0.25, -0.2) is 0 Å². The minimum absolute atomic E-state index is 0.333. The van der Waals surface area contributed by atoms with Gasteiger partial charge in [0.1, 0.15) is 0 Å². The van der Waals surface area contributed by atoms with Crippen molar-refractivity contribution >= 4 is 0 Å². The minimum atomic E-state index is 0.333. The zero-order chi connectivity index (χ0) is 10.7. The maximum atomic E-state index is 2.68. The van der Waals surface area contributed by atoms with Crippen LogP contribution in [0.1, 0.15) is 48.0 Å². The highest BCUT2D eigenvalue weighted by Crippen LogP contribution is 2.45. The first kappa shape index (κ1) is 10.4. The van der Waals surface area contributed by atoms with Crippen LogP contribution in [0.25, 0.3) is 0 Å². The highest BCUT2D eigenvalue weighted by atomic mass is 15.5. The Kier molecular flexibility index (Phi) is 2.04. The lowest BCUT2D eigenvalue weighted by molar-refractivity contribution is -0.0595. The van der Waals surface area contributed by atoms with Crippen LogP contribution in [0.2, 0.25) is 0 Å². The van der Waals surface area contributed by atoms with Gasteiger partial charge >= 0.3 is 0 Å². The van der Waals surface area contributed by atoms with Gasteiger partial charge in [-0.15, -0.1) is 0 Å². The molecule has 14 heavy (non-hydrogen) atoms. The van der Waals surface area contributed by atoms with E-state index in [9.17, 15) is 0 Å². The van der Waals surface area contributed by atoms with Crippen LogP contribution in [0.15, 0.2) is 0 Å². The molecule has 2 nitrogen and oxygen atoms in total. The average molecular weight is 196 g/mol. The van der Waals surface area contributed by atoms with Crippen LogP contribution in [0.4, 0.5) is 0 Å². The normalized spacial score (nSPS) is 34.7. The van der Waals surface area contributed by atoms with Crippen molar-refractivity contribution in [2.75, 3.05) is 6.54 Å². The van der Waals surface area contributed by atoms with Gasteiger partial charge in [0, 0.05) is 23.7 Å². The van der Waals surface area contributed by atoms with E-state index in [2.05, 4.69) is 51.3 Å². The standard InChI is InChI=1S/C12H24N2/c1-11(2,3)13-8-9-7-10(13)14(9)12(4,5)6/h9-10H,7-8H2,1-6H3. The van der Waals surface area contributed by atoms with Gasteiger partial charge in [-0.1, -0.05) is 0 Å². The maximum Gasteiger partial charge on any atom is 0.0650 e. The number of rotatable bonds is 0. The fourth-order valence-electron chi connectivity index (χ4n) is 3.08. The number of hydrogen-bond acceptors (Lipinski definition) is 2. The molecule has 3 aliphatic rings. The molecule has 2 unspecified atom stereocenters. The SMILES string of the molecule is CC(C)(C)N1CC2CC1N2C(C)(C)C. The van der Waals surface area contributed by atoms with Crippen molar-refractivity contribution in [3.8, 4) is 0 Å². The molecule has 82 valence electrons. The number of hydrogen-bond donors (Lipinski definition) is 0. The predicted octanol–water partition coefficient (Wildman–Crippen LogP) is 2.30. The Balaban J connectivity index is 2.12. The first-order valence-corrected chi connectivity index (χ1v) is 5.76. The van der Waals surface area contributed by atoms with Crippen LogP contribution in [0.5, 0.6) is 0 Å². The van der Waals surface area contributed by atoms with Gasteiger partial charge in [-0.05, 0) is 48.0 Å². The lowest BCUT2D eigenvalue weighted by atomic mass is 9.94. The molecule has 3 heterocycles. The third-order valence-corrected chi connectivity index (χ3v) is 3.60. The molecule has 2 atom stereocenters. The zero-order valence-corrected chi connectivity index (χ0v) is 10.5. The lowest BCUT2D eigenvalue weighted by Gasteiger charge is -2.51. The first-order valence-electron chi connectivity index (χ1n) is 5.76. The van der Waals surface area contributed by atoms with Crippen molar-refractivity contribution in [3.05, 3.63) is 0 Å². The van der Waals surface area contributed by atoms with Gasteiger partial charge in [0.15, 0.2) is 0 Å². The van der Waals surface area contributed by atoms with E-state index in [-0.39, 0.29) is 0 Å². The van der Waals surface area contributed by atoms with Crippen molar-refractivity contribution in [1.82, 2.24) is 9.80 Å². The second-order valence-corrected chi connectivity index (χ2v) is 6.77. The van der Waals surface area contributed by atoms with Crippen molar-refractivity contribution in [2.45, 2.75) is 71.2 Å². The molecule has 3 saturated heterocycles. The summed E-state index contributed by atoms with van der Waals surface area (Å²) in [6, 6.07) is 0.819. The molecule has 3 aliphatic heterocycles. The summed E-state index contributed by atoms with van der Waals surface area (Å²) >= 11 is 0. The topological polar surface area (TPSA) is 6.48 Å². The maximum absolute atomic E-state index is 2.68. The lowest BCUT2D eigenvalue weighted by Crippen LogP contribution is -2.61. The van der Waals surface area contributed by atoms with E-state index in [4.69, 9.17) is 0 Å². The van der Waals surface area contributed by atoms with Crippen molar-refractivity contribution < 1.29 is 0 Å². The molecule has 0 N–H and O–H groups in total. The van der Waals surface area contributed by atoms with E-state index < -0.39 is 0 Å². The highest BCUT2D eigenvalue weighted by molar-refractivity contribution is 5.09. The van der Waals surface area contributed by atoms with Crippen LogP contribution in [0, 0.1) is 0 Å². The summed E-state index contributed by atoms with van der Waals surface area (Å²) in [6.45, 7) is 15.2. The van der Waals surface area contributed by atoms with Crippen molar-refractivity contribution in [3.63, 3.8) is 0 Å². The van der Waals surface area contributed by atoms with E-state index in [1.165, 1.54) is 13.0 Å². The summed E-state index contributed by atoms with van der Waals surface area (Å²) in [5, 5.41) is 0. The van der Waals surface area contributed by atoms with Crippen LogP contribution in [-0.2, 0) is 0 Å². The molecule has 0 amide bonds. The Hall–Kier alpha value is -0.0800. The summed E-state index contributed by atoms with van der Waals surface area (Å²) < 4.78 is 0. The largest absolute Gasteiger partial charge is 0.281 e. The van der Waals surface area contributed by atoms with Crippen molar-refractivity contribution in [1.29, 1.82) is 0 Å². The van der Waals surface area contributed by atoms with E-state index in [1.54, 1.807) is 0 Å². The predicted molar refractivity (Wildman–Crippen MR) is 60.2 cm³/mol. The number of nitrogens with zero attached hydrogens (tertiary/aromatic N) is 2. The van der Waals surface area contributed by atoms with Gasteiger partial charge in [0.05, 0.1) is 6.17 Å². The minimum Gasteiger partial charge on any atom is -0.281 e. The van der Waals surface area contributed by atoms with E-state index in [0.717, 1.165) is 6.04 Å². The number of fused-ring (bicyclic) bond motifs is 1. The summed E-state index contributed by atoms with van der Waals surface area (Å²) in [7, 11) is 0. The van der Waals surface area contributed by atoms with Gasteiger partial charge in [0.25, 0.3) is 0 Å². The highest BCUT2D eigenvalue weighted by Gasteiger charge is 2.56. The molecule has 2 bridgehead atoms. The molecule has 3 rings (SSSR count). The van der Waals surface area contributed by atoms with E-state index in [1.807, 2.05) is 0 Å². The van der Waals surface area contributed by atoms with Crippen LogP contribution in [-0.4, -0.2) is 39.6 Å². The third-order valence-electron chi connectivity index (χ3n) is 3.60. The molecule has 0 aromatic carbocycles. The quantitative estimate of drug-likeness (QED) is 0.586. The van der Waals surface area contributed by atoms with E-state index in [0.29, 0.717) is 17.2 Å². The molecule has 0 aliphatic carbocycles. The summed E-state index contributed by atoms with van der Waals surface area (Å²) in [5.41, 5.74) is 0.674. The molecule has 0 saturated carbocycles. The second-order valence-electron chi connectivity index (χ2n) is 6.77. The molecule has 0 aromatic heterocycles. The zero-order valence-electron chi connectivity index (χ0n) is 10.5. The second kappa shape index (κ2) is 2.73. The Morgan fingerprint density at radius 1 is 0.929 bits per heavy atom. The van der Waals surface area contributed by atoms with Crippen LogP contribution >= 0.6 is 0 Å². The Morgan fingerprint density at radius 2 is 1.50 bits per heavy atom. The van der Waals surface area contributed by atoms with Gasteiger partial charge < -0.3 is 0 Å². The smallest absolute Gasteiger partial charge is 0.0650 e. The van der Waals surface area contributed by atoms with Gasteiger partial charge in [-0.3, -0.25) is 9.80 Å². The molecule has 0 radical (unpaired) electrons. The van der Waals surface area contributed by atoms with Gasteiger partial charge in [0.2, 0.25) is 0 Å². The monoisotopic (exact) mass is 196 g/mol. The van der Waals surface area contributed by atoms with E-state index >= 15 is 0 Å². The molecule has 3 fully saturated rings. The Bertz CT molecular complexity index is 218. The average Bonchev–Trinajstić information content (AvgIpc) is 2.30. The fraction of sp³-hybridized carbons (Fsp3) is 1.00. The Morgan fingerprint density at radius 3 is 1.79 bits per heavy atom. The molecule has 0 spiro atoms. The third kappa shape index (κ3) is 1.40. The molecular weight excluding hydrogens is 172 g/mol. The summed E-state index contributed by atoms with van der Waals surface area (Å²) in [4.78, 5) is 5.33. The van der Waals surface area contributed by atoms with Crippen LogP contribution < -0.4 is 0 Å². The van der Waals surface area contributed by atoms with Crippen molar-refractivity contribution in [2.24, 2.45) is 0 Å². The summed E-state index contributed by atoms with van der Waals surface area (Å²) in [5.74, 6) is 0. The summed E-state index contributed by atoms with van der Waals surface area (Å²) in [6.07, 6.45) is 2.09. The molecular formula is C12H24N2. The van der Waals surface area contributed by atoms with Gasteiger partial charge in [-0.2, -0.15) is 0 Å². The van der Waals surface area contributed by atoms with Crippen LogP contribution in [0.3, 0.4) is 0 Å². The fourth-order valence-corrected chi connectivity index (χ4v) is 3.08. The molecule has 0 aromatic rings. The first-order chi connectivity index (χ1) is 6.21. The molecule has 2 heteroatoms. The Labute approximate surface area is 88.3 Å².